The van der Waals surface area contributed by atoms with E-state index >= 15 is 0 Å². The summed E-state index contributed by atoms with van der Waals surface area (Å²) in [5.41, 5.74) is 3.45. The average molecular weight is 435 g/mol. The molecule has 1 aromatic rings. The summed E-state index contributed by atoms with van der Waals surface area (Å²) < 4.78 is 0. The number of hydrogen-bond acceptors (Lipinski definition) is 1. The maximum absolute atomic E-state index is 9.87. The van der Waals surface area contributed by atoms with Gasteiger partial charge in [0.15, 0.2) is 0 Å². The van der Waals surface area contributed by atoms with Crippen molar-refractivity contribution in [1.29, 1.82) is 0 Å². The number of rotatable bonds is 5. The molecule has 0 atom stereocenters. The van der Waals surface area contributed by atoms with Gasteiger partial charge in [-0.15, -0.1) is 0 Å². The fourth-order valence-corrected chi connectivity index (χ4v) is 6.66. The number of hydrogen-bond donors (Lipinski definition) is 1. The molecule has 0 amide bonds. The minimum atomic E-state index is 0.407. The summed E-state index contributed by atoms with van der Waals surface area (Å²) in [7, 11) is 0. The first-order valence-corrected chi connectivity index (χ1v) is 13.6. The van der Waals surface area contributed by atoms with E-state index in [1.165, 1.54) is 88.2 Å². The molecule has 0 aromatic heterocycles. The van der Waals surface area contributed by atoms with Crippen LogP contribution in [0.15, 0.2) is 30.4 Å². The van der Waals surface area contributed by atoms with Crippen molar-refractivity contribution in [2.45, 2.75) is 97.8 Å². The molecule has 3 saturated carbocycles. The van der Waals surface area contributed by atoms with E-state index in [0.717, 1.165) is 35.2 Å². The van der Waals surface area contributed by atoms with Gasteiger partial charge in [0, 0.05) is 0 Å². The van der Waals surface area contributed by atoms with Crippen LogP contribution in [0.5, 0.6) is 5.75 Å². The smallest absolute Gasteiger partial charge is 0.118 e. The van der Waals surface area contributed by atoms with E-state index in [-0.39, 0.29) is 0 Å². The van der Waals surface area contributed by atoms with Crippen molar-refractivity contribution in [3.63, 3.8) is 0 Å². The summed E-state index contributed by atoms with van der Waals surface area (Å²) in [5, 5.41) is 9.87. The minimum Gasteiger partial charge on any atom is -0.508 e. The minimum absolute atomic E-state index is 0.407. The Morgan fingerprint density at radius 1 is 0.625 bits per heavy atom. The van der Waals surface area contributed by atoms with Crippen molar-refractivity contribution in [1.82, 2.24) is 0 Å². The van der Waals surface area contributed by atoms with Crippen LogP contribution in [0.25, 0.3) is 6.08 Å². The van der Waals surface area contributed by atoms with Crippen LogP contribution in [-0.2, 0) is 0 Å². The topological polar surface area (TPSA) is 20.2 Å². The Hall–Kier alpha value is -1.50. The molecule has 1 N–H and O–H groups in total. The lowest BCUT2D eigenvalue weighted by Crippen LogP contribution is -2.24. The van der Waals surface area contributed by atoms with Crippen LogP contribution in [-0.4, -0.2) is 5.11 Å². The van der Waals surface area contributed by atoms with E-state index in [9.17, 15) is 5.11 Å². The van der Waals surface area contributed by atoms with Gasteiger partial charge in [-0.2, -0.15) is 0 Å². The van der Waals surface area contributed by atoms with Gasteiger partial charge in [-0.05, 0) is 136 Å². The summed E-state index contributed by atoms with van der Waals surface area (Å²) in [6.07, 6.45) is 27.1. The van der Waals surface area contributed by atoms with Gasteiger partial charge in [0.05, 0.1) is 0 Å². The Kier molecular flexibility index (Phi) is 8.19. The van der Waals surface area contributed by atoms with Crippen LogP contribution < -0.4 is 0 Å². The zero-order valence-electron chi connectivity index (χ0n) is 20.9. The van der Waals surface area contributed by atoms with Gasteiger partial charge in [-0.3, -0.25) is 0 Å². The Balaban J connectivity index is 1.18. The molecule has 0 radical (unpaired) electrons. The zero-order chi connectivity index (χ0) is 22.5. The fourth-order valence-electron chi connectivity index (χ4n) is 6.66. The first-order valence-electron chi connectivity index (χ1n) is 13.6. The van der Waals surface area contributed by atoms with Gasteiger partial charge >= 0.3 is 0 Å². The van der Waals surface area contributed by atoms with E-state index in [4.69, 9.17) is 0 Å². The number of phenolic OH excluding ortho intramolecular Hbond substituents is 1. The van der Waals surface area contributed by atoms with Crippen molar-refractivity contribution in [2.75, 3.05) is 0 Å². The van der Waals surface area contributed by atoms with Crippen LogP contribution in [0.3, 0.4) is 0 Å². The molecule has 3 aliphatic rings. The third-order valence-electron chi connectivity index (χ3n) is 9.36. The lowest BCUT2D eigenvalue weighted by atomic mass is 9.69. The van der Waals surface area contributed by atoms with Gasteiger partial charge in [0.1, 0.15) is 5.75 Å². The highest BCUT2D eigenvalue weighted by Crippen LogP contribution is 2.42. The summed E-state index contributed by atoms with van der Waals surface area (Å²) in [6, 6.07) is 3.87. The van der Waals surface area contributed by atoms with Crippen LogP contribution >= 0.6 is 0 Å². The molecule has 3 fully saturated rings. The van der Waals surface area contributed by atoms with Crippen molar-refractivity contribution in [2.24, 2.45) is 35.5 Å². The highest BCUT2D eigenvalue weighted by molar-refractivity contribution is 5.58. The third kappa shape index (κ3) is 6.09. The van der Waals surface area contributed by atoms with Gasteiger partial charge < -0.3 is 5.11 Å². The highest BCUT2D eigenvalue weighted by atomic mass is 16.3. The van der Waals surface area contributed by atoms with E-state index in [2.05, 4.69) is 38.2 Å². The quantitative estimate of drug-likeness (QED) is 0.458. The lowest BCUT2D eigenvalue weighted by Gasteiger charge is -2.36. The molecule has 0 aliphatic heterocycles. The normalized spacial score (nSPS) is 34.3. The molecule has 32 heavy (non-hydrogen) atoms. The second-order valence-electron chi connectivity index (χ2n) is 11.5. The number of aromatic hydroxyl groups is 1. The van der Waals surface area contributed by atoms with E-state index in [0.29, 0.717) is 11.7 Å². The second-order valence-corrected chi connectivity index (χ2v) is 11.5. The molecular formula is C31H46O. The van der Waals surface area contributed by atoms with Crippen LogP contribution in [0.1, 0.15) is 101 Å². The van der Waals surface area contributed by atoms with Crippen molar-refractivity contribution >= 4 is 6.08 Å². The Morgan fingerprint density at radius 2 is 1.09 bits per heavy atom. The first kappa shape index (κ1) is 23.7. The van der Waals surface area contributed by atoms with Crippen LogP contribution in [0, 0.1) is 49.4 Å². The zero-order valence-corrected chi connectivity index (χ0v) is 20.9. The lowest BCUT2D eigenvalue weighted by molar-refractivity contribution is 0.160. The molecule has 1 heteroatoms. The predicted octanol–water partition coefficient (Wildman–Crippen LogP) is 9.02. The second kappa shape index (κ2) is 11.1. The molecule has 0 spiro atoms. The molecule has 0 saturated heterocycles. The van der Waals surface area contributed by atoms with Crippen molar-refractivity contribution in [3.05, 3.63) is 47.1 Å². The van der Waals surface area contributed by atoms with Crippen LogP contribution in [0.4, 0.5) is 0 Å². The Bertz CT molecular complexity index is 779. The molecule has 176 valence electrons. The maximum atomic E-state index is 9.87. The largest absolute Gasteiger partial charge is 0.508 e. The molecule has 3 aliphatic carbocycles. The average Bonchev–Trinajstić information content (AvgIpc) is 2.82. The number of allylic oxidation sites excluding steroid dienone is 3. The number of benzene rings is 1. The molecule has 1 aromatic carbocycles. The molecule has 0 heterocycles. The van der Waals surface area contributed by atoms with Gasteiger partial charge in [0.2, 0.25) is 0 Å². The first-order chi connectivity index (χ1) is 15.5. The predicted molar refractivity (Wildman–Crippen MR) is 138 cm³/mol. The van der Waals surface area contributed by atoms with Gasteiger partial charge in [0.25, 0.3) is 0 Å². The molecule has 0 bridgehead atoms. The van der Waals surface area contributed by atoms with Crippen LogP contribution in [0.2, 0.25) is 0 Å². The van der Waals surface area contributed by atoms with Gasteiger partial charge in [-0.1, -0.05) is 50.1 Å². The fraction of sp³-hybridized carbons (Fsp3) is 0.677. The summed E-state index contributed by atoms with van der Waals surface area (Å²) in [5.74, 6) is 5.84. The SMILES string of the molecule is Cc1c(O)ccc(/C=C/C2CCC(/C=C/C3CCC(C4CCC(C)CC4)CC3)CC2)c1C. The standard InChI is InChI=1S/C31H46O/c1-22-4-15-29(16-5-22)30-18-13-27(14-19-30)11-8-25-6-9-26(10-7-25)12-17-28-20-21-31(32)24(3)23(28)2/h8,11-12,17,20-22,25-27,29-30,32H,4-7,9-10,13-16,18-19H2,1-3H3/b11-8+,17-12+. The molecular weight excluding hydrogens is 388 g/mol. The van der Waals surface area contributed by atoms with E-state index in [1.807, 2.05) is 19.1 Å². The van der Waals surface area contributed by atoms with Crippen molar-refractivity contribution < 1.29 is 5.11 Å². The molecule has 4 rings (SSSR count). The van der Waals surface area contributed by atoms with Gasteiger partial charge in [-0.25, -0.2) is 0 Å². The molecule has 1 nitrogen and oxygen atoms in total. The Labute approximate surface area is 197 Å². The van der Waals surface area contributed by atoms with E-state index in [1.54, 1.807) is 0 Å². The summed E-state index contributed by atoms with van der Waals surface area (Å²) in [6.45, 7) is 6.56. The Morgan fingerprint density at radius 3 is 1.66 bits per heavy atom. The summed E-state index contributed by atoms with van der Waals surface area (Å²) >= 11 is 0. The number of phenols is 1. The molecule has 0 unspecified atom stereocenters. The van der Waals surface area contributed by atoms with Crippen molar-refractivity contribution in [3.8, 4) is 5.75 Å². The monoisotopic (exact) mass is 434 g/mol. The third-order valence-corrected chi connectivity index (χ3v) is 9.36. The maximum Gasteiger partial charge on any atom is 0.118 e. The van der Waals surface area contributed by atoms with E-state index < -0.39 is 0 Å². The summed E-state index contributed by atoms with van der Waals surface area (Å²) in [4.78, 5) is 0. The highest BCUT2D eigenvalue weighted by Gasteiger charge is 2.29.